The Morgan fingerprint density at radius 1 is 1.53 bits per heavy atom. The Hall–Kier alpha value is -0.890. The van der Waals surface area contributed by atoms with Crippen LogP contribution in [0.15, 0.2) is 22.8 Å². The molecule has 1 aromatic rings. The van der Waals surface area contributed by atoms with Gasteiger partial charge < -0.3 is 9.84 Å². The second kappa shape index (κ2) is 7.41. The summed E-state index contributed by atoms with van der Waals surface area (Å²) in [6.07, 6.45) is 2.34. The summed E-state index contributed by atoms with van der Waals surface area (Å²) in [5.74, 6) is 5.73. The second-order valence-electron chi connectivity index (χ2n) is 2.79. The third-order valence-corrected chi connectivity index (χ3v) is 2.05. The van der Waals surface area contributed by atoms with Gasteiger partial charge >= 0.3 is 0 Å². The highest BCUT2D eigenvalue weighted by Gasteiger charge is 1.89. The smallest absolute Gasteiger partial charge is 0.114 e. The third kappa shape index (κ3) is 5.53. The lowest BCUT2D eigenvalue weighted by Crippen LogP contribution is -1.97. The van der Waals surface area contributed by atoms with E-state index < -0.39 is 0 Å². The molecule has 0 saturated heterocycles. The first kappa shape index (κ1) is 12.2. The molecule has 80 valence electrons. The number of hydrogen-bond acceptors (Lipinski definition) is 3. The zero-order valence-electron chi connectivity index (χ0n) is 8.24. The Balaban J connectivity index is 2.32. The minimum Gasteiger partial charge on any atom is -0.396 e. The van der Waals surface area contributed by atoms with E-state index in [-0.39, 0.29) is 6.61 Å². The molecule has 1 N–H and O–H groups in total. The first-order chi connectivity index (χ1) is 7.33. The van der Waals surface area contributed by atoms with Crippen molar-refractivity contribution >= 4 is 15.9 Å². The summed E-state index contributed by atoms with van der Waals surface area (Å²) in [5.41, 5.74) is 0.718. The van der Waals surface area contributed by atoms with Crippen molar-refractivity contribution in [2.24, 2.45) is 0 Å². The van der Waals surface area contributed by atoms with Gasteiger partial charge in [0.15, 0.2) is 0 Å². The van der Waals surface area contributed by atoms with Gasteiger partial charge in [-0.1, -0.05) is 21.9 Å². The molecule has 0 aliphatic heterocycles. The molecule has 0 aliphatic carbocycles. The first-order valence-electron chi connectivity index (χ1n) is 4.62. The number of ether oxygens (including phenoxy) is 1. The highest BCUT2D eigenvalue weighted by molar-refractivity contribution is 9.10. The summed E-state index contributed by atoms with van der Waals surface area (Å²) >= 11 is 3.34. The molecule has 1 heterocycles. The molecular formula is C11H12BrNO2. The average molecular weight is 270 g/mol. The van der Waals surface area contributed by atoms with Gasteiger partial charge in [-0.25, -0.2) is 4.98 Å². The number of halogens is 1. The highest BCUT2D eigenvalue weighted by Crippen LogP contribution is 2.07. The minimum atomic E-state index is 0.153. The Morgan fingerprint density at radius 3 is 3.13 bits per heavy atom. The summed E-state index contributed by atoms with van der Waals surface area (Å²) in [5, 5.41) is 8.50. The van der Waals surface area contributed by atoms with Crippen LogP contribution in [0.1, 0.15) is 12.1 Å². The van der Waals surface area contributed by atoms with Gasteiger partial charge in [-0.15, -0.1) is 0 Å². The van der Waals surface area contributed by atoms with E-state index in [9.17, 15) is 0 Å². The van der Waals surface area contributed by atoms with Crippen LogP contribution in [0.2, 0.25) is 0 Å². The summed E-state index contributed by atoms with van der Waals surface area (Å²) in [6.45, 7) is 1.06. The molecule has 0 bridgehead atoms. The van der Waals surface area contributed by atoms with Crippen LogP contribution >= 0.6 is 15.9 Å². The van der Waals surface area contributed by atoms with Crippen molar-refractivity contribution in [3.63, 3.8) is 0 Å². The number of hydrogen-bond donors (Lipinski definition) is 1. The Morgan fingerprint density at radius 2 is 2.40 bits per heavy atom. The fraction of sp³-hybridized carbons (Fsp3) is 0.364. The van der Waals surface area contributed by atoms with Crippen molar-refractivity contribution in [2.45, 2.75) is 6.42 Å². The van der Waals surface area contributed by atoms with E-state index in [1.807, 2.05) is 12.1 Å². The normalized spacial score (nSPS) is 9.47. The second-order valence-corrected chi connectivity index (χ2v) is 3.71. The highest BCUT2D eigenvalue weighted by atomic mass is 79.9. The molecule has 0 saturated carbocycles. The van der Waals surface area contributed by atoms with Crippen molar-refractivity contribution in [1.82, 2.24) is 4.98 Å². The number of aromatic nitrogens is 1. The van der Waals surface area contributed by atoms with Gasteiger partial charge in [-0.05, 0) is 24.5 Å². The van der Waals surface area contributed by atoms with E-state index in [4.69, 9.17) is 9.84 Å². The topological polar surface area (TPSA) is 42.4 Å². The number of nitrogens with zero attached hydrogens (tertiary/aromatic N) is 1. The fourth-order valence-corrected chi connectivity index (χ4v) is 1.22. The molecule has 3 nitrogen and oxygen atoms in total. The molecule has 0 atom stereocenters. The standard InChI is InChI=1S/C11H12BrNO2/c12-10-4-5-13-11(9-10)3-1-7-15-8-2-6-14/h4-5,9,14H,2,6-8H2. The maximum atomic E-state index is 8.50. The summed E-state index contributed by atoms with van der Waals surface area (Å²) in [7, 11) is 0. The third-order valence-electron chi connectivity index (χ3n) is 1.56. The minimum absolute atomic E-state index is 0.153. The average Bonchev–Trinajstić information content (AvgIpc) is 2.23. The van der Waals surface area contributed by atoms with Crippen LogP contribution < -0.4 is 0 Å². The van der Waals surface area contributed by atoms with Gasteiger partial charge in [0.05, 0.1) is 6.61 Å². The lowest BCUT2D eigenvalue weighted by atomic mass is 10.3. The van der Waals surface area contributed by atoms with Crippen LogP contribution in [0.4, 0.5) is 0 Å². The Kier molecular flexibility index (Phi) is 6.02. The molecule has 4 heteroatoms. The maximum absolute atomic E-state index is 8.50. The van der Waals surface area contributed by atoms with Gasteiger partial charge in [0.25, 0.3) is 0 Å². The number of pyridine rings is 1. The van der Waals surface area contributed by atoms with Crippen molar-refractivity contribution in [3.8, 4) is 11.8 Å². The van der Waals surface area contributed by atoms with E-state index in [0.717, 1.165) is 10.2 Å². The van der Waals surface area contributed by atoms with Gasteiger partial charge in [0, 0.05) is 17.3 Å². The van der Waals surface area contributed by atoms with E-state index in [1.54, 1.807) is 6.20 Å². The molecule has 0 spiro atoms. The molecule has 0 fully saturated rings. The van der Waals surface area contributed by atoms with Crippen LogP contribution in [-0.2, 0) is 4.74 Å². The van der Waals surface area contributed by atoms with E-state index in [1.165, 1.54) is 0 Å². The van der Waals surface area contributed by atoms with Gasteiger partial charge in [-0.3, -0.25) is 0 Å². The maximum Gasteiger partial charge on any atom is 0.114 e. The molecular weight excluding hydrogens is 258 g/mol. The summed E-state index contributed by atoms with van der Waals surface area (Å²) in [4.78, 5) is 4.07. The zero-order chi connectivity index (χ0) is 10.9. The van der Waals surface area contributed by atoms with Gasteiger partial charge in [-0.2, -0.15) is 0 Å². The quantitative estimate of drug-likeness (QED) is 0.667. The van der Waals surface area contributed by atoms with E-state index in [0.29, 0.717) is 19.6 Å². The predicted molar refractivity (Wildman–Crippen MR) is 61.3 cm³/mol. The van der Waals surface area contributed by atoms with E-state index in [2.05, 4.69) is 32.8 Å². The number of rotatable bonds is 4. The lowest BCUT2D eigenvalue weighted by Gasteiger charge is -1.95. The fourth-order valence-electron chi connectivity index (χ4n) is 0.890. The summed E-state index contributed by atoms with van der Waals surface area (Å²) in [6, 6.07) is 3.70. The predicted octanol–water partition coefficient (Wildman–Crippen LogP) is 1.59. The van der Waals surface area contributed by atoms with Crippen molar-refractivity contribution in [1.29, 1.82) is 0 Å². The Bertz CT molecular complexity index is 357. The lowest BCUT2D eigenvalue weighted by molar-refractivity contribution is 0.142. The van der Waals surface area contributed by atoms with Crippen LogP contribution in [-0.4, -0.2) is 29.9 Å². The summed E-state index contributed by atoms with van der Waals surface area (Å²) < 4.78 is 6.11. The molecule has 0 unspecified atom stereocenters. The molecule has 0 aromatic carbocycles. The molecule has 15 heavy (non-hydrogen) atoms. The molecule has 0 amide bonds. The van der Waals surface area contributed by atoms with Crippen molar-refractivity contribution < 1.29 is 9.84 Å². The monoisotopic (exact) mass is 269 g/mol. The molecule has 0 radical (unpaired) electrons. The largest absolute Gasteiger partial charge is 0.396 e. The van der Waals surface area contributed by atoms with Crippen LogP contribution in [0, 0.1) is 11.8 Å². The van der Waals surface area contributed by atoms with Crippen LogP contribution in [0.25, 0.3) is 0 Å². The Labute approximate surface area is 97.6 Å². The zero-order valence-corrected chi connectivity index (χ0v) is 9.83. The number of aliphatic hydroxyl groups is 1. The molecule has 1 rings (SSSR count). The van der Waals surface area contributed by atoms with E-state index >= 15 is 0 Å². The van der Waals surface area contributed by atoms with Gasteiger partial charge in [0.2, 0.25) is 0 Å². The molecule has 0 aliphatic rings. The van der Waals surface area contributed by atoms with Crippen LogP contribution in [0.3, 0.4) is 0 Å². The first-order valence-corrected chi connectivity index (χ1v) is 5.41. The number of aliphatic hydroxyl groups excluding tert-OH is 1. The van der Waals surface area contributed by atoms with Crippen molar-refractivity contribution in [3.05, 3.63) is 28.5 Å². The van der Waals surface area contributed by atoms with Crippen LogP contribution in [0.5, 0.6) is 0 Å². The van der Waals surface area contributed by atoms with Crippen molar-refractivity contribution in [2.75, 3.05) is 19.8 Å². The van der Waals surface area contributed by atoms with Gasteiger partial charge in [0.1, 0.15) is 12.3 Å². The molecule has 1 aromatic heterocycles. The SMILES string of the molecule is OCCCOCC#Cc1cc(Br)ccn1.